The van der Waals surface area contributed by atoms with Crippen LogP contribution in [0, 0.1) is 17.0 Å². The quantitative estimate of drug-likeness (QED) is 0.277. The Kier molecular flexibility index (Phi) is 6.43. The molecule has 1 aromatic heterocycles. The average Bonchev–Trinajstić information content (AvgIpc) is 3.72. The van der Waals surface area contributed by atoms with E-state index in [0.717, 1.165) is 18.2 Å². The van der Waals surface area contributed by atoms with Crippen molar-refractivity contribution in [3.8, 4) is 34.1 Å². The Hall–Kier alpha value is -4.93. The molecule has 1 aliphatic carbocycles. The molecule has 9 nitrogen and oxygen atoms in total. The van der Waals surface area contributed by atoms with Crippen molar-refractivity contribution in [3.05, 3.63) is 66.2 Å². The summed E-state index contributed by atoms with van der Waals surface area (Å²) in [7, 11) is 2.97. The molecule has 1 aliphatic rings. The lowest BCUT2D eigenvalue weighted by Crippen LogP contribution is -2.36. The van der Waals surface area contributed by atoms with Gasteiger partial charge in [0, 0.05) is 28.8 Å². The molecule has 3 aromatic carbocycles. The van der Waals surface area contributed by atoms with E-state index in [9.17, 15) is 14.0 Å². The summed E-state index contributed by atoms with van der Waals surface area (Å²) in [5, 5.41) is 3.14. The Morgan fingerprint density at radius 2 is 1.64 bits per heavy atom. The number of carbonyl (C=O) groups is 2. The van der Waals surface area contributed by atoms with Crippen LogP contribution in [0.4, 0.5) is 20.3 Å². The number of primary amides is 1. The third-order valence-electron chi connectivity index (χ3n) is 6.64. The summed E-state index contributed by atoms with van der Waals surface area (Å²) in [6.45, 7) is 0. The highest BCUT2D eigenvalue weighted by Gasteiger charge is 2.55. The largest absolute Gasteiger partial charge is 0.493 e. The van der Waals surface area contributed by atoms with Gasteiger partial charge >= 0.3 is 0 Å². The van der Waals surface area contributed by atoms with Crippen molar-refractivity contribution in [2.45, 2.75) is 12.8 Å². The molecule has 0 radical (unpaired) electrons. The number of benzene rings is 3. The number of rotatable bonds is 8. The van der Waals surface area contributed by atoms with Crippen LogP contribution in [-0.2, 0) is 9.59 Å². The maximum absolute atomic E-state index is 15.3. The van der Waals surface area contributed by atoms with Gasteiger partial charge in [0.25, 0.3) is 0 Å². The monoisotopic (exact) mass is 534 g/mol. The molecule has 200 valence electrons. The third-order valence-corrected chi connectivity index (χ3v) is 6.64. The van der Waals surface area contributed by atoms with Crippen LogP contribution in [0.15, 0.2) is 54.6 Å². The van der Waals surface area contributed by atoms with Crippen molar-refractivity contribution < 1.29 is 32.6 Å². The summed E-state index contributed by atoms with van der Waals surface area (Å²) in [5.41, 5.74) is 11.2. The maximum atomic E-state index is 15.3. The van der Waals surface area contributed by atoms with Crippen LogP contribution in [0.1, 0.15) is 12.8 Å². The number of amides is 2. The fraction of sp³-hybridized carbons (Fsp3) is 0.179. The lowest BCUT2D eigenvalue weighted by atomic mass is 10.0. The molecule has 1 heterocycles. The molecule has 5 N–H and O–H groups in total. The Bertz CT molecular complexity index is 1640. The topological polar surface area (TPSA) is 139 Å². The zero-order valence-electron chi connectivity index (χ0n) is 21.0. The predicted molar refractivity (Wildman–Crippen MR) is 141 cm³/mol. The van der Waals surface area contributed by atoms with Crippen LogP contribution in [0.5, 0.6) is 23.0 Å². The molecule has 0 saturated heterocycles. The number of pyridine rings is 1. The second-order valence-corrected chi connectivity index (χ2v) is 9.11. The van der Waals surface area contributed by atoms with E-state index in [-0.39, 0.29) is 34.1 Å². The number of methoxy groups -OCH3 is 2. The van der Waals surface area contributed by atoms with Gasteiger partial charge in [0.05, 0.1) is 19.7 Å². The summed E-state index contributed by atoms with van der Waals surface area (Å²) < 4.78 is 46.0. The van der Waals surface area contributed by atoms with Crippen molar-refractivity contribution in [2.75, 3.05) is 25.3 Å². The predicted octanol–water partition coefficient (Wildman–Crippen LogP) is 4.78. The summed E-state index contributed by atoms with van der Waals surface area (Å²) in [4.78, 5) is 28.7. The summed E-state index contributed by atoms with van der Waals surface area (Å²) in [5.74, 6) is -1.57. The second kappa shape index (κ2) is 9.75. The van der Waals surface area contributed by atoms with Crippen LogP contribution < -0.4 is 31.0 Å². The molecule has 11 heteroatoms. The molecule has 1 saturated carbocycles. The Balaban J connectivity index is 1.49. The first-order chi connectivity index (χ1) is 18.6. The zero-order chi connectivity index (χ0) is 27.9. The number of nitrogens with zero attached hydrogens (tertiary/aromatic N) is 1. The van der Waals surface area contributed by atoms with E-state index in [1.165, 1.54) is 38.5 Å². The van der Waals surface area contributed by atoms with E-state index in [2.05, 4.69) is 10.3 Å². The fourth-order valence-corrected chi connectivity index (χ4v) is 4.31. The number of nitrogen functional groups attached to an aromatic ring is 1. The highest BCUT2D eigenvalue weighted by atomic mass is 19.1. The van der Waals surface area contributed by atoms with Crippen molar-refractivity contribution in [3.63, 3.8) is 0 Å². The molecular formula is C28H24F2N4O5. The van der Waals surface area contributed by atoms with Crippen LogP contribution in [0.25, 0.3) is 22.0 Å². The van der Waals surface area contributed by atoms with Gasteiger partial charge in [-0.25, -0.2) is 13.8 Å². The molecular weight excluding hydrogens is 510 g/mol. The molecule has 4 aromatic rings. The van der Waals surface area contributed by atoms with E-state index >= 15 is 4.39 Å². The van der Waals surface area contributed by atoms with E-state index in [4.69, 9.17) is 25.7 Å². The number of aromatic nitrogens is 1. The van der Waals surface area contributed by atoms with Crippen molar-refractivity contribution in [1.29, 1.82) is 0 Å². The Morgan fingerprint density at radius 3 is 2.28 bits per heavy atom. The molecule has 0 aliphatic heterocycles. The molecule has 5 rings (SSSR count). The van der Waals surface area contributed by atoms with Crippen LogP contribution in [-0.4, -0.2) is 31.0 Å². The number of ether oxygens (including phenoxy) is 3. The molecule has 0 bridgehead atoms. The van der Waals surface area contributed by atoms with E-state index in [1.807, 2.05) is 0 Å². The molecule has 1 fully saturated rings. The second-order valence-electron chi connectivity index (χ2n) is 9.11. The third kappa shape index (κ3) is 4.74. The number of carbonyl (C=O) groups excluding carboxylic acids is 2. The van der Waals surface area contributed by atoms with Gasteiger partial charge in [0.15, 0.2) is 23.1 Å². The van der Waals surface area contributed by atoms with Gasteiger partial charge in [-0.1, -0.05) is 6.07 Å². The van der Waals surface area contributed by atoms with Crippen molar-refractivity contribution in [2.24, 2.45) is 11.1 Å². The lowest BCUT2D eigenvalue weighted by molar-refractivity contribution is -0.132. The van der Waals surface area contributed by atoms with Gasteiger partial charge in [0.1, 0.15) is 22.8 Å². The van der Waals surface area contributed by atoms with Crippen LogP contribution in [0.2, 0.25) is 0 Å². The van der Waals surface area contributed by atoms with Gasteiger partial charge in [0.2, 0.25) is 11.8 Å². The summed E-state index contributed by atoms with van der Waals surface area (Å²) in [6.07, 6.45) is 0.663. The SMILES string of the molecule is COc1cc2nc(N)cc(Oc3ccc(-c4cc(F)ccc4NC(=O)C4(C(N)=O)CC4)cc3F)c2cc1OC. The Morgan fingerprint density at radius 1 is 0.923 bits per heavy atom. The van der Waals surface area contributed by atoms with E-state index in [0.29, 0.717) is 35.2 Å². The smallest absolute Gasteiger partial charge is 0.240 e. The van der Waals surface area contributed by atoms with E-state index < -0.39 is 28.9 Å². The average molecular weight is 535 g/mol. The number of fused-ring (bicyclic) bond motifs is 1. The fourth-order valence-electron chi connectivity index (χ4n) is 4.31. The molecule has 0 spiro atoms. The minimum absolute atomic E-state index is 0.131. The molecule has 39 heavy (non-hydrogen) atoms. The number of halogens is 2. The van der Waals surface area contributed by atoms with Crippen LogP contribution >= 0.6 is 0 Å². The molecule has 0 atom stereocenters. The van der Waals surface area contributed by atoms with Crippen molar-refractivity contribution in [1.82, 2.24) is 4.98 Å². The molecule has 0 unspecified atom stereocenters. The first kappa shape index (κ1) is 25.7. The van der Waals surface area contributed by atoms with Gasteiger partial charge in [-0.2, -0.15) is 0 Å². The van der Waals surface area contributed by atoms with Gasteiger partial charge in [-0.3, -0.25) is 9.59 Å². The first-order valence-corrected chi connectivity index (χ1v) is 11.9. The number of hydrogen-bond acceptors (Lipinski definition) is 7. The lowest BCUT2D eigenvalue weighted by Gasteiger charge is -2.16. The van der Waals surface area contributed by atoms with Crippen LogP contribution in [0.3, 0.4) is 0 Å². The standard InChI is InChI=1S/C28H24F2N4O5/c1-37-23-11-17-20(12-24(23)38-2)33-25(31)13-22(17)39-21-6-3-14(9-18(21)30)16-10-15(29)4-5-19(16)34-27(36)28(7-8-28)26(32)35/h3-6,9-13H,7-8H2,1-2H3,(H2,31,33)(H2,32,35)(H,34,36). The summed E-state index contributed by atoms with van der Waals surface area (Å²) in [6, 6.07) is 12.4. The summed E-state index contributed by atoms with van der Waals surface area (Å²) >= 11 is 0. The number of nitrogens with one attached hydrogen (secondary N) is 1. The number of nitrogens with two attached hydrogens (primary N) is 2. The van der Waals surface area contributed by atoms with Crippen molar-refractivity contribution >= 4 is 34.2 Å². The highest BCUT2D eigenvalue weighted by molar-refractivity contribution is 6.13. The zero-order valence-corrected chi connectivity index (χ0v) is 21.0. The number of hydrogen-bond donors (Lipinski definition) is 3. The first-order valence-electron chi connectivity index (χ1n) is 11.9. The minimum Gasteiger partial charge on any atom is -0.493 e. The van der Waals surface area contributed by atoms with Gasteiger partial charge < -0.3 is 31.0 Å². The normalized spacial score (nSPS) is 13.5. The highest BCUT2D eigenvalue weighted by Crippen LogP contribution is 2.47. The Labute approximate surface area is 221 Å². The van der Waals surface area contributed by atoms with Gasteiger partial charge in [-0.15, -0.1) is 0 Å². The minimum atomic E-state index is -1.28. The molecule has 2 amide bonds. The van der Waals surface area contributed by atoms with E-state index in [1.54, 1.807) is 12.1 Å². The van der Waals surface area contributed by atoms with Gasteiger partial charge in [-0.05, 0) is 54.8 Å². The maximum Gasteiger partial charge on any atom is 0.240 e. The number of anilines is 2.